The van der Waals surface area contributed by atoms with Crippen LogP contribution < -0.4 is 10.1 Å². The summed E-state index contributed by atoms with van der Waals surface area (Å²) >= 11 is 0. The minimum atomic E-state index is 0.538. The van der Waals surface area contributed by atoms with Crippen LogP contribution in [0.2, 0.25) is 0 Å². The van der Waals surface area contributed by atoms with Crippen molar-refractivity contribution in [3.8, 4) is 17.0 Å². The molecule has 0 bridgehead atoms. The quantitative estimate of drug-likeness (QED) is 0.826. The molecule has 1 N–H and O–H groups in total. The smallest absolute Gasteiger partial charge is 0.119 e. The van der Waals surface area contributed by atoms with Crippen molar-refractivity contribution in [3.05, 3.63) is 47.7 Å². The molecule has 3 nitrogen and oxygen atoms in total. The fourth-order valence-corrected chi connectivity index (χ4v) is 2.46. The molecule has 1 aromatic heterocycles. The SMILES string of the molecule is Cc1nc(-c2ccc(OCC(C)C)cc2)ccc1CNC1CC1. The lowest BCUT2D eigenvalue weighted by molar-refractivity contribution is 0.271. The number of aryl methyl sites for hydroxylation is 1. The predicted octanol–water partition coefficient (Wildman–Crippen LogP) is 4.34. The van der Waals surface area contributed by atoms with Crippen molar-refractivity contribution in [2.24, 2.45) is 5.92 Å². The molecule has 0 aliphatic heterocycles. The zero-order chi connectivity index (χ0) is 16.2. The number of rotatable bonds is 7. The van der Waals surface area contributed by atoms with Gasteiger partial charge in [0, 0.05) is 23.8 Å². The first-order valence-electron chi connectivity index (χ1n) is 8.55. The summed E-state index contributed by atoms with van der Waals surface area (Å²) in [6, 6.07) is 13.2. The standard InChI is InChI=1S/C20H26N2O/c1-14(2)13-23-19-9-4-16(5-10-19)20-11-6-17(15(3)22-20)12-21-18-7-8-18/h4-6,9-11,14,18,21H,7-8,12-13H2,1-3H3. The van der Waals surface area contributed by atoms with Gasteiger partial charge in [0.15, 0.2) is 0 Å². The van der Waals surface area contributed by atoms with E-state index in [4.69, 9.17) is 9.72 Å². The average Bonchev–Trinajstić information content (AvgIpc) is 3.36. The maximum Gasteiger partial charge on any atom is 0.119 e. The van der Waals surface area contributed by atoms with Crippen LogP contribution in [0.15, 0.2) is 36.4 Å². The molecule has 1 saturated carbocycles. The fourth-order valence-electron chi connectivity index (χ4n) is 2.46. The topological polar surface area (TPSA) is 34.1 Å². The Morgan fingerprint density at radius 2 is 1.87 bits per heavy atom. The zero-order valence-electron chi connectivity index (χ0n) is 14.3. The molecule has 0 atom stereocenters. The highest BCUT2D eigenvalue weighted by atomic mass is 16.5. The van der Waals surface area contributed by atoms with Gasteiger partial charge in [-0.25, -0.2) is 0 Å². The minimum Gasteiger partial charge on any atom is -0.493 e. The van der Waals surface area contributed by atoms with E-state index in [9.17, 15) is 0 Å². The van der Waals surface area contributed by atoms with E-state index in [0.29, 0.717) is 5.92 Å². The molecular weight excluding hydrogens is 284 g/mol. The van der Waals surface area contributed by atoms with E-state index < -0.39 is 0 Å². The molecule has 0 spiro atoms. The number of nitrogens with zero attached hydrogens (tertiary/aromatic N) is 1. The highest BCUT2D eigenvalue weighted by Gasteiger charge is 2.20. The summed E-state index contributed by atoms with van der Waals surface area (Å²) in [6.07, 6.45) is 2.63. The molecule has 1 aromatic carbocycles. The van der Waals surface area contributed by atoms with Crippen LogP contribution in [0.5, 0.6) is 5.75 Å². The molecule has 0 radical (unpaired) electrons. The van der Waals surface area contributed by atoms with Crippen LogP contribution in [0, 0.1) is 12.8 Å². The number of hydrogen-bond donors (Lipinski definition) is 1. The second-order valence-corrected chi connectivity index (χ2v) is 6.83. The maximum atomic E-state index is 5.73. The van der Waals surface area contributed by atoms with Gasteiger partial charge in [-0.2, -0.15) is 0 Å². The normalized spacial score (nSPS) is 14.3. The van der Waals surface area contributed by atoms with E-state index >= 15 is 0 Å². The molecular formula is C20H26N2O. The van der Waals surface area contributed by atoms with Gasteiger partial charge in [-0.05, 0) is 61.6 Å². The van der Waals surface area contributed by atoms with Crippen molar-refractivity contribution in [1.29, 1.82) is 0 Å². The van der Waals surface area contributed by atoms with E-state index in [0.717, 1.165) is 41.9 Å². The third kappa shape index (κ3) is 4.55. The number of aromatic nitrogens is 1. The third-order valence-corrected chi connectivity index (χ3v) is 4.09. The molecule has 1 aliphatic carbocycles. The van der Waals surface area contributed by atoms with Crippen LogP contribution in [0.4, 0.5) is 0 Å². The van der Waals surface area contributed by atoms with Gasteiger partial charge in [-0.1, -0.05) is 19.9 Å². The van der Waals surface area contributed by atoms with Crippen molar-refractivity contribution < 1.29 is 4.74 Å². The molecule has 2 aromatic rings. The van der Waals surface area contributed by atoms with E-state index in [1.54, 1.807) is 0 Å². The van der Waals surface area contributed by atoms with Crippen LogP contribution in [-0.2, 0) is 6.54 Å². The van der Waals surface area contributed by atoms with E-state index in [1.165, 1.54) is 18.4 Å². The molecule has 122 valence electrons. The van der Waals surface area contributed by atoms with Gasteiger partial charge in [-0.15, -0.1) is 0 Å². The van der Waals surface area contributed by atoms with E-state index in [2.05, 4.69) is 50.4 Å². The second kappa shape index (κ2) is 7.14. The van der Waals surface area contributed by atoms with Gasteiger partial charge >= 0.3 is 0 Å². The molecule has 0 amide bonds. The second-order valence-electron chi connectivity index (χ2n) is 6.83. The van der Waals surface area contributed by atoms with Gasteiger partial charge in [0.05, 0.1) is 12.3 Å². The minimum absolute atomic E-state index is 0.538. The lowest BCUT2D eigenvalue weighted by Crippen LogP contribution is -2.16. The van der Waals surface area contributed by atoms with Crippen LogP contribution in [-0.4, -0.2) is 17.6 Å². The molecule has 0 saturated heterocycles. The Morgan fingerprint density at radius 3 is 2.48 bits per heavy atom. The lowest BCUT2D eigenvalue weighted by atomic mass is 10.1. The predicted molar refractivity (Wildman–Crippen MR) is 94.6 cm³/mol. The van der Waals surface area contributed by atoms with E-state index in [1.807, 2.05) is 12.1 Å². The Kier molecular flexibility index (Phi) is 4.97. The van der Waals surface area contributed by atoms with Crippen LogP contribution in [0.1, 0.15) is 37.9 Å². The molecule has 1 aliphatic rings. The first-order valence-corrected chi connectivity index (χ1v) is 8.55. The summed E-state index contributed by atoms with van der Waals surface area (Å²) in [5, 5.41) is 3.55. The molecule has 3 rings (SSSR count). The largest absolute Gasteiger partial charge is 0.493 e. The summed E-state index contributed by atoms with van der Waals surface area (Å²) in [6.45, 7) is 8.07. The number of nitrogens with one attached hydrogen (secondary N) is 1. The van der Waals surface area contributed by atoms with Gasteiger partial charge in [-0.3, -0.25) is 4.98 Å². The summed E-state index contributed by atoms with van der Waals surface area (Å²) in [4.78, 5) is 4.76. The Balaban J connectivity index is 1.66. The Labute approximate surface area is 139 Å². The summed E-state index contributed by atoms with van der Waals surface area (Å²) in [7, 11) is 0. The molecule has 3 heteroatoms. The first kappa shape index (κ1) is 16.0. The average molecular weight is 310 g/mol. The van der Waals surface area contributed by atoms with Crippen LogP contribution in [0.25, 0.3) is 11.3 Å². The fraction of sp³-hybridized carbons (Fsp3) is 0.450. The maximum absolute atomic E-state index is 5.73. The highest BCUT2D eigenvalue weighted by Crippen LogP contribution is 2.23. The van der Waals surface area contributed by atoms with Crippen LogP contribution in [0.3, 0.4) is 0 Å². The number of ether oxygens (including phenoxy) is 1. The monoisotopic (exact) mass is 310 g/mol. The summed E-state index contributed by atoms with van der Waals surface area (Å²) in [5.74, 6) is 1.46. The van der Waals surface area contributed by atoms with Crippen molar-refractivity contribution in [2.75, 3.05) is 6.61 Å². The molecule has 1 heterocycles. The van der Waals surface area contributed by atoms with E-state index in [-0.39, 0.29) is 0 Å². The molecule has 0 unspecified atom stereocenters. The van der Waals surface area contributed by atoms with Crippen LogP contribution >= 0.6 is 0 Å². The summed E-state index contributed by atoms with van der Waals surface area (Å²) in [5.41, 5.74) is 4.55. The van der Waals surface area contributed by atoms with Crippen molar-refractivity contribution >= 4 is 0 Å². The Bertz CT molecular complexity index is 645. The molecule has 23 heavy (non-hydrogen) atoms. The molecule has 1 fully saturated rings. The summed E-state index contributed by atoms with van der Waals surface area (Å²) < 4.78 is 5.73. The number of pyridine rings is 1. The Hall–Kier alpha value is -1.87. The van der Waals surface area contributed by atoms with Gasteiger partial charge in [0.25, 0.3) is 0 Å². The van der Waals surface area contributed by atoms with Gasteiger partial charge in [0.1, 0.15) is 5.75 Å². The van der Waals surface area contributed by atoms with Crippen molar-refractivity contribution in [3.63, 3.8) is 0 Å². The number of hydrogen-bond acceptors (Lipinski definition) is 3. The first-order chi connectivity index (χ1) is 11.1. The highest BCUT2D eigenvalue weighted by molar-refractivity contribution is 5.60. The third-order valence-electron chi connectivity index (χ3n) is 4.09. The van der Waals surface area contributed by atoms with Crippen molar-refractivity contribution in [2.45, 2.75) is 46.2 Å². The van der Waals surface area contributed by atoms with Crippen molar-refractivity contribution in [1.82, 2.24) is 10.3 Å². The number of benzene rings is 1. The van der Waals surface area contributed by atoms with Gasteiger partial charge in [0.2, 0.25) is 0 Å². The Morgan fingerprint density at radius 1 is 1.13 bits per heavy atom. The zero-order valence-corrected chi connectivity index (χ0v) is 14.3. The van der Waals surface area contributed by atoms with Gasteiger partial charge < -0.3 is 10.1 Å². The lowest BCUT2D eigenvalue weighted by Gasteiger charge is -2.11.